The highest BCUT2D eigenvalue weighted by Gasteiger charge is 2.35. The Kier molecular flexibility index (Phi) is 2.34. The summed E-state index contributed by atoms with van der Waals surface area (Å²) in [6.07, 6.45) is 1.71. The van der Waals surface area contributed by atoms with Gasteiger partial charge in [-0.05, 0) is 35.2 Å². The fourth-order valence-corrected chi connectivity index (χ4v) is 2.33. The SMILES string of the molecule is N#CC1(Cc2ccsc2)CCOC1. The molecule has 0 spiro atoms. The maximum Gasteiger partial charge on any atom is 0.0869 e. The average Bonchev–Trinajstić information content (AvgIpc) is 2.77. The molecule has 1 aromatic rings. The Bertz CT molecular complexity index is 306. The summed E-state index contributed by atoms with van der Waals surface area (Å²) in [5.41, 5.74) is 1.01. The minimum absolute atomic E-state index is 0.249. The minimum atomic E-state index is -0.249. The third-order valence-electron chi connectivity index (χ3n) is 2.46. The van der Waals surface area contributed by atoms with Crippen LogP contribution in [-0.4, -0.2) is 13.2 Å². The molecule has 2 heterocycles. The molecule has 2 rings (SSSR count). The van der Waals surface area contributed by atoms with Gasteiger partial charge in [0.1, 0.15) is 0 Å². The van der Waals surface area contributed by atoms with E-state index in [1.54, 1.807) is 11.3 Å². The first-order valence-electron chi connectivity index (χ1n) is 4.35. The van der Waals surface area contributed by atoms with E-state index in [4.69, 9.17) is 10.00 Å². The van der Waals surface area contributed by atoms with Gasteiger partial charge in [-0.15, -0.1) is 0 Å². The van der Waals surface area contributed by atoms with Crippen molar-refractivity contribution >= 4 is 11.3 Å². The van der Waals surface area contributed by atoms with Crippen molar-refractivity contribution in [3.63, 3.8) is 0 Å². The molecule has 0 bridgehead atoms. The summed E-state index contributed by atoms with van der Waals surface area (Å²) in [7, 11) is 0. The first kappa shape index (κ1) is 8.74. The van der Waals surface area contributed by atoms with Crippen LogP contribution in [0.25, 0.3) is 0 Å². The molecule has 1 fully saturated rings. The van der Waals surface area contributed by atoms with Crippen LogP contribution < -0.4 is 0 Å². The summed E-state index contributed by atoms with van der Waals surface area (Å²) in [6.45, 7) is 1.33. The summed E-state index contributed by atoms with van der Waals surface area (Å²) >= 11 is 1.68. The predicted octanol–water partition coefficient (Wildman–Crippen LogP) is 2.22. The van der Waals surface area contributed by atoms with Crippen molar-refractivity contribution in [3.05, 3.63) is 22.4 Å². The number of hydrogen-bond donors (Lipinski definition) is 0. The highest BCUT2D eigenvalue weighted by Crippen LogP contribution is 2.32. The lowest BCUT2D eigenvalue weighted by Gasteiger charge is -2.16. The van der Waals surface area contributed by atoms with E-state index in [1.165, 1.54) is 5.56 Å². The molecule has 13 heavy (non-hydrogen) atoms. The summed E-state index contributed by atoms with van der Waals surface area (Å²) < 4.78 is 5.28. The molecule has 0 aromatic carbocycles. The molecule has 0 aliphatic carbocycles. The van der Waals surface area contributed by atoms with Gasteiger partial charge < -0.3 is 4.74 Å². The van der Waals surface area contributed by atoms with Crippen LogP contribution in [0.15, 0.2) is 16.8 Å². The second kappa shape index (κ2) is 3.49. The van der Waals surface area contributed by atoms with Gasteiger partial charge in [0.2, 0.25) is 0 Å². The standard InChI is InChI=1S/C10H11NOS/c11-7-10(2-3-12-8-10)5-9-1-4-13-6-9/h1,4,6H,2-3,5,8H2. The molecule has 0 saturated carbocycles. The first-order valence-corrected chi connectivity index (χ1v) is 5.29. The van der Waals surface area contributed by atoms with Gasteiger partial charge in [-0.25, -0.2) is 0 Å². The lowest BCUT2D eigenvalue weighted by Crippen LogP contribution is -2.21. The Morgan fingerprint density at radius 3 is 3.15 bits per heavy atom. The zero-order valence-electron chi connectivity index (χ0n) is 7.32. The van der Waals surface area contributed by atoms with Gasteiger partial charge in [0.25, 0.3) is 0 Å². The van der Waals surface area contributed by atoms with Crippen LogP contribution in [0.5, 0.6) is 0 Å². The highest BCUT2D eigenvalue weighted by atomic mass is 32.1. The maximum atomic E-state index is 9.09. The molecule has 1 unspecified atom stereocenters. The molecule has 1 atom stereocenters. The van der Waals surface area contributed by atoms with Gasteiger partial charge in [-0.1, -0.05) is 0 Å². The largest absolute Gasteiger partial charge is 0.380 e. The monoisotopic (exact) mass is 193 g/mol. The molecule has 68 valence electrons. The molecule has 0 radical (unpaired) electrons. The van der Waals surface area contributed by atoms with E-state index >= 15 is 0 Å². The fraction of sp³-hybridized carbons (Fsp3) is 0.500. The van der Waals surface area contributed by atoms with E-state index in [9.17, 15) is 0 Å². The molecule has 2 nitrogen and oxygen atoms in total. The quantitative estimate of drug-likeness (QED) is 0.721. The van der Waals surface area contributed by atoms with Crippen LogP contribution in [0.4, 0.5) is 0 Å². The Balaban J connectivity index is 2.11. The lowest BCUT2D eigenvalue weighted by molar-refractivity contribution is 0.172. The number of ether oxygens (including phenoxy) is 1. The van der Waals surface area contributed by atoms with Crippen LogP contribution in [-0.2, 0) is 11.2 Å². The maximum absolute atomic E-state index is 9.09. The fourth-order valence-electron chi connectivity index (χ4n) is 1.66. The van der Waals surface area contributed by atoms with Gasteiger partial charge in [-0.3, -0.25) is 0 Å². The van der Waals surface area contributed by atoms with E-state index in [0.29, 0.717) is 6.61 Å². The zero-order valence-corrected chi connectivity index (χ0v) is 8.14. The van der Waals surface area contributed by atoms with Crippen LogP contribution >= 0.6 is 11.3 Å². The van der Waals surface area contributed by atoms with Crippen molar-refractivity contribution in [1.82, 2.24) is 0 Å². The number of rotatable bonds is 2. The molecular weight excluding hydrogens is 182 g/mol. The van der Waals surface area contributed by atoms with E-state index in [-0.39, 0.29) is 5.41 Å². The van der Waals surface area contributed by atoms with Gasteiger partial charge in [0, 0.05) is 6.61 Å². The minimum Gasteiger partial charge on any atom is -0.380 e. The summed E-state index contributed by atoms with van der Waals surface area (Å²) in [4.78, 5) is 0. The molecule has 1 aliphatic rings. The summed E-state index contributed by atoms with van der Waals surface area (Å²) in [5.74, 6) is 0. The lowest BCUT2D eigenvalue weighted by atomic mass is 9.83. The predicted molar refractivity (Wildman–Crippen MR) is 51.5 cm³/mol. The van der Waals surface area contributed by atoms with Crippen LogP contribution in [0, 0.1) is 16.7 Å². The van der Waals surface area contributed by atoms with Crippen molar-refractivity contribution in [1.29, 1.82) is 5.26 Å². The number of thiophene rings is 1. The second-order valence-corrected chi connectivity index (χ2v) is 4.28. The molecule has 3 heteroatoms. The van der Waals surface area contributed by atoms with Crippen LogP contribution in [0.2, 0.25) is 0 Å². The Morgan fingerprint density at radius 2 is 2.62 bits per heavy atom. The Hall–Kier alpha value is -0.850. The molecule has 0 N–H and O–H groups in total. The van der Waals surface area contributed by atoms with Gasteiger partial charge in [0.05, 0.1) is 18.1 Å². The average molecular weight is 193 g/mol. The van der Waals surface area contributed by atoms with Crippen LogP contribution in [0.1, 0.15) is 12.0 Å². The molecule has 1 aromatic heterocycles. The van der Waals surface area contributed by atoms with Crippen molar-refractivity contribution in [3.8, 4) is 6.07 Å². The number of nitrogens with zero attached hydrogens (tertiary/aromatic N) is 1. The van der Waals surface area contributed by atoms with E-state index in [2.05, 4.69) is 22.9 Å². The summed E-state index contributed by atoms with van der Waals surface area (Å²) in [5, 5.41) is 13.2. The number of nitriles is 1. The van der Waals surface area contributed by atoms with Crippen LogP contribution in [0.3, 0.4) is 0 Å². The second-order valence-electron chi connectivity index (χ2n) is 3.50. The van der Waals surface area contributed by atoms with Crippen molar-refractivity contribution in [2.24, 2.45) is 5.41 Å². The number of hydrogen-bond acceptors (Lipinski definition) is 3. The van der Waals surface area contributed by atoms with Crippen molar-refractivity contribution in [2.75, 3.05) is 13.2 Å². The summed E-state index contributed by atoms with van der Waals surface area (Å²) in [6, 6.07) is 4.48. The third-order valence-corrected chi connectivity index (χ3v) is 3.20. The molecule has 0 amide bonds. The molecule has 1 aliphatic heterocycles. The molecule has 1 saturated heterocycles. The van der Waals surface area contributed by atoms with Crippen molar-refractivity contribution < 1.29 is 4.74 Å². The first-order chi connectivity index (χ1) is 6.35. The third kappa shape index (κ3) is 1.74. The van der Waals surface area contributed by atoms with E-state index in [1.807, 2.05) is 0 Å². The topological polar surface area (TPSA) is 33.0 Å². The molecular formula is C10H11NOS. The van der Waals surface area contributed by atoms with Gasteiger partial charge in [-0.2, -0.15) is 16.6 Å². The van der Waals surface area contributed by atoms with E-state index in [0.717, 1.165) is 19.4 Å². The Labute approximate surface area is 81.8 Å². The van der Waals surface area contributed by atoms with Crippen molar-refractivity contribution in [2.45, 2.75) is 12.8 Å². The highest BCUT2D eigenvalue weighted by molar-refractivity contribution is 7.07. The zero-order chi connectivity index (χ0) is 9.15. The Morgan fingerprint density at radius 1 is 1.69 bits per heavy atom. The van der Waals surface area contributed by atoms with Gasteiger partial charge >= 0.3 is 0 Å². The van der Waals surface area contributed by atoms with Gasteiger partial charge in [0.15, 0.2) is 0 Å². The van der Waals surface area contributed by atoms with E-state index < -0.39 is 0 Å². The smallest absolute Gasteiger partial charge is 0.0869 e. The normalized spacial score (nSPS) is 27.3.